The number of hydrogen-bond acceptors (Lipinski definition) is 7. The van der Waals surface area contributed by atoms with Crippen molar-refractivity contribution in [1.82, 2.24) is 9.88 Å². The molecule has 2 heterocycles. The third-order valence-electron chi connectivity index (χ3n) is 7.59. The Hall–Kier alpha value is -3.35. The van der Waals surface area contributed by atoms with Gasteiger partial charge in [-0.05, 0) is 71.1 Å². The molecule has 14 heteroatoms. The number of alkyl halides is 3. The molecule has 0 bridgehead atoms. The van der Waals surface area contributed by atoms with Crippen LogP contribution in [0.1, 0.15) is 68.4 Å². The largest absolute Gasteiger partial charge is 0.462 e. The fourth-order valence-corrected chi connectivity index (χ4v) is 6.26. The van der Waals surface area contributed by atoms with E-state index in [2.05, 4.69) is 10.3 Å². The summed E-state index contributed by atoms with van der Waals surface area (Å²) in [6.45, 7) is 8.09. The predicted octanol–water partition coefficient (Wildman–Crippen LogP) is 8.41. The van der Waals surface area contributed by atoms with Gasteiger partial charge in [0.1, 0.15) is 21.8 Å². The number of pyridine rings is 1. The summed E-state index contributed by atoms with van der Waals surface area (Å²) >= 11 is 13.0. The zero-order valence-electron chi connectivity index (χ0n) is 25.9. The van der Waals surface area contributed by atoms with Crippen LogP contribution in [0.3, 0.4) is 0 Å². The number of nitrogens with zero attached hydrogens (tertiary/aromatic N) is 2. The maximum atomic E-state index is 16.4. The van der Waals surface area contributed by atoms with Crippen molar-refractivity contribution in [1.29, 1.82) is 0 Å². The monoisotopic (exact) mass is 687 g/mol. The lowest BCUT2D eigenvalue weighted by Gasteiger charge is -2.40. The third kappa shape index (κ3) is 7.44. The number of anilines is 1. The summed E-state index contributed by atoms with van der Waals surface area (Å²) in [5.74, 6) is -2.02. The number of rotatable bonds is 7. The number of esters is 1. The molecule has 46 heavy (non-hydrogen) atoms. The van der Waals surface area contributed by atoms with Crippen LogP contribution in [0.5, 0.6) is 0 Å². The van der Waals surface area contributed by atoms with Crippen molar-refractivity contribution in [2.75, 3.05) is 25.1 Å². The quantitative estimate of drug-likeness (QED) is 0.146. The van der Waals surface area contributed by atoms with E-state index in [-0.39, 0.29) is 53.4 Å². The number of fused-ring (bicyclic) bond motifs is 1. The minimum absolute atomic E-state index is 0.00630. The van der Waals surface area contributed by atoms with E-state index in [0.29, 0.717) is 12.8 Å². The van der Waals surface area contributed by atoms with Crippen LogP contribution in [0, 0.1) is 12.7 Å². The summed E-state index contributed by atoms with van der Waals surface area (Å²) in [6.07, 6.45) is -4.45. The van der Waals surface area contributed by atoms with Crippen molar-refractivity contribution >= 4 is 51.9 Å². The Morgan fingerprint density at radius 2 is 1.89 bits per heavy atom. The number of aliphatic hydroxyl groups excluding tert-OH is 1. The number of hydrogen-bond donors (Lipinski definition) is 2. The fraction of sp³-hybridized carbons (Fsp3) is 0.469. The Morgan fingerprint density at radius 3 is 2.50 bits per heavy atom. The van der Waals surface area contributed by atoms with Crippen molar-refractivity contribution < 1.29 is 41.7 Å². The Morgan fingerprint density at radius 1 is 1.20 bits per heavy atom. The molecular weight excluding hydrogens is 653 g/mol. The summed E-state index contributed by atoms with van der Waals surface area (Å²) in [5.41, 5.74) is -3.49. The van der Waals surface area contributed by atoms with Crippen LogP contribution in [0.15, 0.2) is 24.3 Å². The van der Waals surface area contributed by atoms with Gasteiger partial charge in [0.15, 0.2) is 5.82 Å². The zero-order valence-corrected chi connectivity index (χ0v) is 27.5. The molecule has 0 saturated carbocycles. The number of amides is 1. The topological polar surface area (TPSA) is 101 Å². The van der Waals surface area contributed by atoms with Gasteiger partial charge in [0.25, 0.3) is 0 Å². The first kappa shape index (κ1) is 35.5. The van der Waals surface area contributed by atoms with Crippen LogP contribution in [0.25, 0.3) is 22.0 Å². The number of nitrogens with one attached hydrogen (secondary N) is 1. The minimum atomic E-state index is -4.81. The van der Waals surface area contributed by atoms with Gasteiger partial charge in [-0.2, -0.15) is 13.2 Å². The van der Waals surface area contributed by atoms with E-state index in [1.807, 2.05) is 0 Å². The summed E-state index contributed by atoms with van der Waals surface area (Å²) in [7, 11) is 0. The number of aliphatic hydroxyl groups is 1. The van der Waals surface area contributed by atoms with Crippen molar-refractivity contribution in [2.24, 2.45) is 0 Å². The zero-order chi connectivity index (χ0) is 34.1. The van der Waals surface area contributed by atoms with Gasteiger partial charge in [-0.25, -0.2) is 19.0 Å². The smallest absolute Gasteiger partial charge is 0.417 e. The summed E-state index contributed by atoms with van der Waals surface area (Å²) in [4.78, 5) is 31.7. The van der Waals surface area contributed by atoms with E-state index in [9.17, 15) is 27.9 Å². The molecule has 3 aromatic rings. The number of halogens is 6. The van der Waals surface area contributed by atoms with Crippen LogP contribution < -0.4 is 5.32 Å². The highest BCUT2D eigenvalue weighted by atomic mass is 35.5. The van der Waals surface area contributed by atoms with Gasteiger partial charge in [-0.1, -0.05) is 41.4 Å². The SMILES string of the molecule is CCOC(=O)c1c(Cl)nc2c(F)c(-c3cccc(C)c3C(F)(F)F)c(Cl)cc2c1N[C@H]1CCN(C(=O)OC(C)(C)C)[C@H](CCO)C1. The van der Waals surface area contributed by atoms with Crippen molar-refractivity contribution in [2.45, 2.75) is 77.7 Å². The molecule has 2 atom stereocenters. The number of ether oxygens (including phenoxy) is 2. The first-order chi connectivity index (χ1) is 21.5. The molecule has 1 saturated heterocycles. The number of benzene rings is 2. The highest BCUT2D eigenvalue weighted by molar-refractivity contribution is 6.36. The third-order valence-corrected chi connectivity index (χ3v) is 8.16. The predicted molar refractivity (Wildman–Crippen MR) is 168 cm³/mol. The van der Waals surface area contributed by atoms with Gasteiger partial charge in [0.05, 0.1) is 22.9 Å². The average molecular weight is 689 g/mol. The molecule has 0 spiro atoms. The normalized spacial score (nSPS) is 17.3. The van der Waals surface area contributed by atoms with Crippen LogP contribution in [-0.2, 0) is 15.7 Å². The van der Waals surface area contributed by atoms with Gasteiger partial charge in [-0.15, -0.1) is 0 Å². The van der Waals surface area contributed by atoms with Gasteiger partial charge >= 0.3 is 18.2 Å². The van der Waals surface area contributed by atoms with E-state index in [4.69, 9.17) is 32.7 Å². The van der Waals surface area contributed by atoms with Crippen LogP contribution >= 0.6 is 23.2 Å². The molecule has 8 nitrogen and oxygen atoms in total. The molecule has 1 aliphatic heterocycles. The Bertz CT molecular complexity index is 1650. The lowest BCUT2D eigenvalue weighted by Crippen LogP contribution is -2.51. The highest BCUT2D eigenvalue weighted by Gasteiger charge is 2.38. The van der Waals surface area contributed by atoms with E-state index in [1.165, 1.54) is 30.0 Å². The highest BCUT2D eigenvalue weighted by Crippen LogP contribution is 2.46. The van der Waals surface area contributed by atoms with Gasteiger partial charge in [0.2, 0.25) is 0 Å². The van der Waals surface area contributed by atoms with Crippen molar-refractivity contribution in [3.8, 4) is 11.1 Å². The average Bonchev–Trinajstić information content (AvgIpc) is 2.92. The first-order valence-electron chi connectivity index (χ1n) is 14.7. The number of likely N-dealkylation sites (tertiary alicyclic amines) is 1. The van der Waals surface area contributed by atoms with Gasteiger partial charge in [-0.3, -0.25) is 0 Å². The minimum Gasteiger partial charge on any atom is -0.462 e. The molecule has 1 fully saturated rings. The fourth-order valence-electron chi connectivity index (χ4n) is 5.71. The number of piperidine rings is 1. The summed E-state index contributed by atoms with van der Waals surface area (Å²) in [5, 5.41) is 12.2. The molecule has 1 aromatic heterocycles. The Kier molecular flexibility index (Phi) is 10.6. The van der Waals surface area contributed by atoms with E-state index in [1.54, 1.807) is 27.7 Å². The second kappa shape index (κ2) is 13.8. The molecule has 1 amide bonds. The molecule has 1 aliphatic rings. The van der Waals surface area contributed by atoms with Crippen molar-refractivity contribution in [3.63, 3.8) is 0 Å². The van der Waals surface area contributed by atoms with E-state index >= 15 is 4.39 Å². The van der Waals surface area contributed by atoms with Crippen LogP contribution in [0.4, 0.5) is 28.0 Å². The molecule has 2 N–H and O–H groups in total. The van der Waals surface area contributed by atoms with Crippen LogP contribution in [0.2, 0.25) is 10.2 Å². The first-order valence-corrected chi connectivity index (χ1v) is 15.5. The van der Waals surface area contributed by atoms with Crippen LogP contribution in [-0.4, -0.2) is 64.5 Å². The molecule has 250 valence electrons. The maximum absolute atomic E-state index is 16.4. The van der Waals surface area contributed by atoms with E-state index < -0.39 is 69.1 Å². The second-order valence-corrected chi connectivity index (χ2v) is 12.8. The molecular formula is C32H35Cl2F4N3O5. The molecule has 2 aromatic carbocycles. The van der Waals surface area contributed by atoms with Gasteiger partial charge < -0.3 is 24.8 Å². The number of carbonyl (C=O) groups excluding carboxylic acids is 2. The van der Waals surface area contributed by atoms with Crippen molar-refractivity contribution in [3.05, 3.63) is 56.9 Å². The lowest BCUT2D eigenvalue weighted by atomic mass is 9.92. The number of aromatic nitrogens is 1. The molecule has 0 aliphatic carbocycles. The molecule has 0 unspecified atom stereocenters. The lowest BCUT2D eigenvalue weighted by molar-refractivity contribution is -0.137. The Balaban J connectivity index is 1.86. The second-order valence-electron chi connectivity index (χ2n) is 12.0. The number of carbonyl (C=O) groups is 2. The Labute approximate surface area is 274 Å². The maximum Gasteiger partial charge on any atom is 0.417 e. The van der Waals surface area contributed by atoms with E-state index in [0.717, 1.165) is 6.07 Å². The standard InChI is InChI=1S/C32H35Cl2F4N3O5/c1-6-45-29(43)23-26(39-17-10-12-41(18(14-17)11-13-42)30(44)46-31(3,4)5)20-15-21(33)22(25(35)27(20)40-28(23)34)19-9-7-8-16(2)24(19)32(36,37)38/h7-9,15,17-18,42H,6,10-14H2,1-5H3,(H,39,40)/t17-,18+/m0/s1. The summed E-state index contributed by atoms with van der Waals surface area (Å²) in [6, 6.07) is 4.12. The van der Waals surface area contributed by atoms with Gasteiger partial charge in [0, 0.05) is 36.2 Å². The molecule has 4 rings (SSSR count). The summed E-state index contributed by atoms with van der Waals surface area (Å²) < 4.78 is 69.4. The molecule has 0 radical (unpaired) electrons. The number of aryl methyl sites for hydroxylation is 1.